The molecule has 23 heavy (non-hydrogen) atoms. The van der Waals surface area contributed by atoms with E-state index in [9.17, 15) is 23.1 Å². The highest BCUT2D eigenvalue weighted by atomic mass is 35.5. The average Bonchev–Trinajstić information content (AvgIpc) is 2.47. The number of carbonyl (C=O) groups excluding carboxylic acids is 1. The van der Waals surface area contributed by atoms with Crippen molar-refractivity contribution in [3.8, 4) is 0 Å². The second-order valence-corrected chi connectivity index (χ2v) is 8.24. The molecule has 1 saturated carbocycles. The van der Waals surface area contributed by atoms with Gasteiger partial charge >= 0.3 is 5.97 Å². The van der Waals surface area contributed by atoms with Crippen LogP contribution < -0.4 is 5.32 Å². The summed E-state index contributed by atoms with van der Waals surface area (Å²) in [5.74, 6) is -1.76. The topological polar surface area (TPSA) is 101 Å². The summed E-state index contributed by atoms with van der Waals surface area (Å²) in [5, 5.41) is 12.1. The third kappa shape index (κ3) is 3.84. The van der Waals surface area contributed by atoms with Crippen LogP contribution in [0.3, 0.4) is 0 Å². The number of carboxylic acid groups (broad SMARTS) is 1. The molecule has 0 atom stereocenters. The molecule has 0 aliphatic heterocycles. The summed E-state index contributed by atoms with van der Waals surface area (Å²) in [6, 6.07) is 3.80. The molecule has 6 nitrogen and oxygen atoms in total. The normalized spacial score (nSPS) is 17.5. The van der Waals surface area contributed by atoms with E-state index in [2.05, 4.69) is 5.32 Å². The van der Waals surface area contributed by atoms with Crippen LogP contribution in [0, 0.1) is 0 Å². The number of carbonyl (C=O) groups is 2. The highest BCUT2D eigenvalue weighted by molar-refractivity contribution is 7.90. The highest BCUT2D eigenvalue weighted by Crippen LogP contribution is 2.30. The number of rotatable bonds is 4. The Morgan fingerprint density at radius 3 is 2.35 bits per heavy atom. The average molecular weight is 360 g/mol. The molecule has 2 N–H and O–H groups in total. The van der Waals surface area contributed by atoms with Crippen LogP contribution in [0.25, 0.3) is 0 Å². The first-order valence-electron chi connectivity index (χ1n) is 7.21. The first-order valence-corrected chi connectivity index (χ1v) is 9.48. The van der Waals surface area contributed by atoms with Crippen LogP contribution in [-0.4, -0.2) is 37.2 Å². The van der Waals surface area contributed by atoms with Crippen molar-refractivity contribution in [1.82, 2.24) is 5.32 Å². The van der Waals surface area contributed by atoms with Gasteiger partial charge in [-0.2, -0.15) is 0 Å². The Kier molecular flexibility index (Phi) is 5.01. The minimum atomic E-state index is -3.50. The molecular weight excluding hydrogens is 342 g/mol. The SMILES string of the molecule is CS(=O)(=O)c1ccc(Cl)c(C(=O)NC2(C(=O)O)CCCCC2)c1. The number of nitrogens with one attached hydrogen (secondary N) is 1. The summed E-state index contributed by atoms with van der Waals surface area (Å²) in [6.45, 7) is 0. The third-order valence-electron chi connectivity index (χ3n) is 4.08. The molecule has 0 aromatic heterocycles. The molecule has 0 heterocycles. The Morgan fingerprint density at radius 1 is 1.22 bits per heavy atom. The van der Waals surface area contributed by atoms with Crippen LogP contribution >= 0.6 is 11.6 Å². The first-order chi connectivity index (χ1) is 10.7. The Bertz CT molecular complexity index is 738. The zero-order chi connectivity index (χ0) is 17.3. The number of benzene rings is 1. The Labute approximate surface area is 139 Å². The molecule has 8 heteroatoms. The lowest BCUT2D eigenvalue weighted by atomic mass is 9.81. The second-order valence-electron chi connectivity index (χ2n) is 5.82. The lowest BCUT2D eigenvalue weighted by Gasteiger charge is -2.34. The van der Waals surface area contributed by atoms with E-state index in [1.807, 2.05) is 0 Å². The Morgan fingerprint density at radius 2 is 1.83 bits per heavy atom. The molecule has 0 radical (unpaired) electrons. The highest BCUT2D eigenvalue weighted by Gasteiger charge is 2.41. The zero-order valence-electron chi connectivity index (χ0n) is 12.6. The maximum atomic E-state index is 12.5. The number of hydrogen-bond acceptors (Lipinski definition) is 4. The predicted octanol–water partition coefficient (Wildman–Crippen LogP) is 2.26. The molecule has 1 aliphatic carbocycles. The van der Waals surface area contributed by atoms with Gasteiger partial charge in [-0.3, -0.25) is 4.79 Å². The van der Waals surface area contributed by atoms with E-state index in [1.165, 1.54) is 18.2 Å². The fourth-order valence-electron chi connectivity index (χ4n) is 2.74. The molecular formula is C15H18ClNO5S. The second kappa shape index (κ2) is 6.49. The van der Waals surface area contributed by atoms with Crippen molar-refractivity contribution in [2.45, 2.75) is 42.5 Å². The van der Waals surface area contributed by atoms with Gasteiger partial charge < -0.3 is 10.4 Å². The van der Waals surface area contributed by atoms with Crippen LogP contribution in [0.15, 0.2) is 23.1 Å². The Hall–Kier alpha value is -1.60. The largest absolute Gasteiger partial charge is 0.480 e. The van der Waals surface area contributed by atoms with Crippen molar-refractivity contribution in [2.24, 2.45) is 0 Å². The van der Waals surface area contributed by atoms with E-state index in [4.69, 9.17) is 11.6 Å². The van der Waals surface area contributed by atoms with Gasteiger partial charge in [0, 0.05) is 6.26 Å². The lowest BCUT2D eigenvalue weighted by Crippen LogP contribution is -2.55. The fraction of sp³-hybridized carbons (Fsp3) is 0.467. The molecule has 1 aromatic carbocycles. The van der Waals surface area contributed by atoms with Gasteiger partial charge in [-0.05, 0) is 31.0 Å². The van der Waals surface area contributed by atoms with E-state index >= 15 is 0 Å². The molecule has 1 aromatic rings. The van der Waals surface area contributed by atoms with Gasteiger partial charge in [0.25, 0.3) is 5.91 Å². The summed E-state index contributed by atoms with van der Waals surface area (Å²) in [5.41, 5.74) is -1.36. The van der Waals surface area contributed by atoms with E-state index in [-0.39, 0.29) is 15.5 Å². The molecule has 1 amide bonds. The maximum absolute atomic E-state index is 12.5. The zero-order valence-corrected chi connectivity index (χ0v) is 14.2. The molecule has 0 bridgehead atoms. The summed E-state index contributed by atoms with van der Waals surface area (Å²) in [6.07, 6.45) is 4.06. The fourth-order valence-corrected chi connectivity index (χ4v) is 3.59. The van der Waals surface area contributed by atoms with E-state index < -0.39 is 27.3 Å². The molecule has 0 spiro atoms. The van der Waals surface area contributed by atoms with Crippen LogP contribution in [0.5, 0.6) is 0 Å². The smallest absolute Gasteiger partial charge is 0.329 e. The molecule has 1 aliphatic rings. The molecule has 0 unspecified atom stereocenters. The van der Waals surface area contributed by atoms with Gasteiger partial charge in [-0.1, -0.05) is 30.9 Å². The van der Waals surface area contributed by atoms with Crippen LogP contribution in [0.1, 0.15) is 42.5 Å². The van der Waals surface area contributed by atoms with Crippen molar-refractivity contribution >= 4 is 33.3 Å². The number of amides is 1. The number of carboxylic acids is 1. The van der Waals surface area contributed by atoms with E-state index in [0.29, 0.717) is 25.7 Å². The van der Waals surface area contributed by atoms with Crippen LogP contribution in [0.4, 0.5) is 0 Å². The van der Waals surface area contributed by atoms with Gasteiger partial charge in [-0.15, -0.1) is 0 Å². The third-order valence-corrected chi connectivity index (χ3v) is 5.52. The first kappa shape index (κ1) is 17.7. The minimum Gasteiger partial charge on any atom is -0.480 e. The molecule has 2 rings (SSSR count). The number of aliphatic carboxylic acids is 1. The van der Waals surface area contributed by atoms with Gasteiger partial charge in [0.05, 0.1) is 15.5 Å². The van der Waals surface area contributed by atoms with Crippen LogP contribution in [0.2, 0.25) is 5.02 Å². The van der Waals surface area contributed by atoms with Gasteiger partial charge in [-0.25, -0.2) is 13.2 Å². The van der Waals surface area contributed by atoms with Crippen molar-refractivity contribution in [2.75, 3.05) is 6.26 Å². The summed E-state index contributed by atoms with van der Waals surface area (Å²) in [4.78, 5) is 24.0. The quantitative estimate of drug-likeness (QED) is 0.858. The van der Waals surface area contributed by atoms with Gasteiger partial charge in [0.2, 0.25) is 0 Å². The Balaban J connectivity index is 2.35. The van der Waals surface area contributed by atoms with Crippen molar-refractivity contribution in [3.05, 3.63) is 28.8 Å². The lowest BCUT2D eigenvalue weighted by molar-refractivity contribution is -0.145. The summed E-state index contributed by atoms with van der Waals surface area (Å²) in [7, 11) is -3.50. The minimum absolute atomic E-state index is 0.0409. The number of halogens is 1. The maximum Gasteiger partial charge on any atom is 0.329 e. The van der Waals surface area contributed by atoms with Crippen molar-refractivity contribution < 1.29 is 23.1 Å². The van der Waals surface area contributed by atoms with E-state index in [1.54, 1.807) is 0 Å². The van der Waals surface area contributed by atoms with Crippen molar-refractivity contribution in [1.29, 1.82) is 0 Å². The van der Waals surface area contributed by atoms with Crippen molar-refractivity contribution in [3.63, 3.8) is 0 Å². The summed E-state index contributed by atoms with van der Waals surface area (Å²) < 4.78 is 23.2. The standard InChI is InChI=1S/C15H18ClNO5S/c1-23(21,22)10-5-6-12(16)11(9-10)13(18)17-15(14(19)20)7-3-2-4-8-15/h5-6,9H,2-4,7-8H2,1H3,(H,17,18)(H,19,20). The van der Waals surface area contributed by atoms with Gasteiger partial charge in [0.1, 0.15) is 5.54 Å². The van der Waals surface area contributed by atoms with Gasteiger partial charge in [0.15, 0.2) is 9.84 Å². The number of sulfone groups is 1. The number of hydrogen-bond donors (Lipinski definition) is 2. The van der Waals surface area contributed by atoms with Crippen LogP contribution in [-0.2, 0) is 14.6 Å². The molecule has 0 saturated heterocycles. The van der Waals surface area contributed by atoms with E-state index in [0.717, 1.165) is 12.7 Å². The predicted molar refractivity (Wildman–Crippen MR) is 85.5 cm³/mol. The molecule has 1 fully saturated rings. The molecule has 126 valence electrons. The summed E-state index contributed by atoms with van der Waals surface area (Å²) >= 11 is 5.98. The monoisotopic (exact) mass is 359 g/mol.